The minimum atomic E-state index is 0.623. The first-order valence-corrected chi connectivity index (χ1v) is 4.73. The highest BCUT2D eigenvalue weighted by atomic mass is 15.1. The summed E-state index contributed by atoms with van der Waals surface area (Å²) in [5, 5.41) is 7.81. The van der Waals surface area contributed by atoms with E-state index in [0.717, 1.165) is 11.3 Å². The van der Waals surface area contributed by atoms with Gasteiger partial charge in [0, 0.05) is 11.8 Å². The maximum atomic E-state index is 4.05. The number of aryl methyl sites for hydroxylation is 1. The molecule has 0 spiro atoms. The van der Waals surface area contributed by atoms with Gasteiger partial charge >= 0.3 is 0 Å². The first-order chi connectivity index (χ1) is 6.77. The number of hydrogen-bond donors (Lipinski definition) is 0. The van der Waals surface area contributed by atoms with E-state index in [0.29, 0.717) is 5.82 Å². The standard InChI is InChI=1S/C9H11N3.C2H6/c1-4-8-6-7(3)11-12-9(8)10-5-2;1-2/h4-6H,1H2,2-3H3;1-2H3/b10-5-;. The van der Waals surface area contributed by atoms with Gasteiger partial charge in [0.05, 0.1) is 5.69 Å². The van der Waals surface area contributed by atoms with E-state index in [1.807, 2.05) is 33.8 Å². The molecule has 0 bridgehead atoms. The summed E-state index contributed by atoms with van der Waals surface area (Å²) in [7, 11) is 0. The van der Waals surface area contributed by atoms with Crippen molar-refractivity contribution in [3.05, 3.63) is 23.9 Å². The Balaban J connectivity index is 0.000000791. The van der Waals surface area contributed by atoms with Gasteiger partial charge in [0.15, 0.2) is 5.82 Å². The zero-order valence-corrected chi connectivity index (χ0v) is 9.28. The van der Waals surface area contributed by atoms with Crippen LogP contribution in [0.5, 0.6) is 0 Å². The Morgan fingerprint density at radius 2 is 2.00 bits per heavy atom. The Morgan fingerprint density at radius 3 is 2.50 bits per heavy atom. The van der Waals surface area contributed by atoms with Crippen LogP contribution >= 0.6 is 0 Å². The topological polar surface area (TPSA) is 38.1 Å². The van der Waals surface area contributed by atoms with Crippen molar-refractivity contribution in [2.75, 3.05) is 0 Å². The highest BCUT2D eigenvalue weighted by Crippen LogP contribution is 2.15. The van der Waals surface area contributed by atoms with E-state index >= 15 is 0 Å². The lowest BCUT2D eigenvalue weighted by molar-refractivity contribution is 0.974. The fourth-order valence-electron chi connectivity index (χ4n) is 0.875. The van der Waals surface area contributed by atoms with Crippen molar-refractivity contribution in [2.24, 2.45) is 4.99 Å². The fraction of sp³-hybridized carbons (Fsp3) is 0.364. The lowest BCUT2D eigenvalue weighted by atomic mass is 10.2. The van der Waals surface area contributed by atoms with Gasteiger partial charge in [0.2, 0.25) is 0 Å². The van der Waals surface area contributed by atoms with Crippen LogP contribution in [0.15, 0.2) is 17.6 Å². The molecule has 14 heavy (non-hydrogen) atoms. The van der Waals surface area contributed by atoms with E-state index in [4.69, 9.17) is 0 Å². The number of aliphatic imine (C=N–C) groups is 1. The molecular weight excluding hydrogens is 174 g/mol. The lowest BCUT2D eigenvalue weighted by Gasteiger charge is -1.97. The summed E-state index contributed by atoms with van der Waals surface area (Å²) in [5.74, 6) is 0.623. The highest BCUT2D eigenvalue weighted by Gasteiger charge is 1.98. The van der Waals surface area contributed by atoms with Gasteiger partial charge in [-0.3, -0.25) is 0 Å². The first kappa shape index (κ1) is 12.5. The van der Waals surface area contributed by atoms with Crippen molar-refractivity contribution >= 4 is 18.1 Å². The summed E-state index contributed by atoms with van der Waals surface area (Å²) < 4.78 is 0. The van der Waals surface area contributed by atoms with E-state index < -0.39 is 0 Å². The average Bonchev–Trinajstić information content (AvgIpc) is 2.24. The second-order valence-electron chi connectivity index (χ2n) is 2.36. The number of aromatic nitrogens is 2. The van der Waals surface area contributed by atoms with Crippen molar-refractivity contribution in [1.82, 2.24) is 10.2 Å². The van der Waals surface area contributed by atoms with Crippen molar-refractivity contribution in [3.8, 4) is 0 Å². The Kier molecular flexibility index (Phi) is 6.20. The van der Waals surface area contributed by atoms with E-state index in [2.05, 4.69) is 21.8 Å². The van der Waals surface area contributed by atoms with Crippen LogP contribution in [0.2, 0.25) is 0 Å². The van der Waals surface area contributed by atoms with Crippen LogP contribution in [0.1, 0.15) is 32.0 Å². The number of nitrogens with zero attached hydrogens (tertiary/aromatic N) is 3. The van der Waals surface area contributed by atoms with Crippen molar-refractivity contribution in [2.45, 2.75) is 27.7 Å². The van der Waals surface area contributed by atoms with Crippen LogP contribution < -0.4 is 0 Å². The van der Waals surface area contributed by atoms with E-state index in [1.54, 1.807) is 12.3 Å². The highest BCUT2D eigenvalue weighted by molar-refractivity contribution is 5.65. The zero-order chi connectivity index (χ0) is 11.0. The Labute approximate surface area is 85.6 Å². The predicted octanol–water partition coefficient (Wildman–Crippen LogP) is 3.18. The third-order valence-corrected chi connectivity index (χ3v) is 1.40. The van der Waals surface area contributed by atoms with Crippen LogP contribution in [0, 0.1) is 6.92 Å². The molecule has 0 aromatic carbocycles. The van der Waals surface area contributed by atoms with Crippen LogP contribution in [0.25, 0.3) is 6.08 Å². The molecule has 0 saturated carbocycles. The lowest BCUT2D eigenvalue weighted by Crippen LogP contribution is -1.88. The van der Waals surface area contributed by atoms with Crippen LogP contribution in [0.4, 0.5) is 5.82 Å². The zero-order valence-electron chi connectivity index (χ0n) is 9.28. The van der Waals surface area contributed by atoms with Gasteiger partial charge in [-0.25, -0.2) is 4.99 Å². The van der Waals surface area contributed by atoms with Gasteiger partial charge in [0.25, 0.3) is 0 Å². The molecule has 0 aliphatic rings. The van der Waals surface area contributed by atoms with Crippen molar-refractivity contribution < 1.29 is 0 Å². The molecule has 0 fully saturated rings. The summed E-state index contributed by atoms with van der Waals surface area (Å²) in [6, 6.07) is 1.91. The summed E-state index contributed by atoms with van der Waals surface area (Å²) in [5.41, 5.74) is 1.79. The normalized spacial score (nSPS) is 9.43. The van der Waals surface area contributed by atoms with Gasteiger partial charge in [-0.2, -0.15) is 5.10 Å². The summed E-state index contributed by atoms with van der Waals surface area (Å²) >= 11 is 0. The van der Waals surface area contributed by atoms with Crippen LogP contribution in [0.3, 0.4) is 0 Å². The quantitative estimate of drug-likeness (QED) is 0.673. The molecule has 0 radical (unpaired) electrons. The van der Waals surface area contributed by atoms with E-state index in [9.17, 15) is 0 Å². The summed E-state index contributed by atoms with van der Waals surface area (Å²) in [4.78, 5) is 4.05. The largest absolute Gasteiger partial charge is 0.240 e. The maximum absolute atomic E-state index is 4.05. The van der Waals surface area contributed by atoms with Gasteiger partial charge < -0.3 is 0 Å². The van der Waals surface area contributed by atoms with E-state index in [1.165, 1.54) is 0 Å². The molecule has 1 heterocycles. The molecule has 0 saturated heterocycles. The summed E-state index contributed by atoms with van der Waals surface area (Å²) in [6.45, 7) is 11.4. The number of rotatable bonds is 2. The van der Waals surface area contributed by atoms with Crippen molar-refractivity contribution in [1.29, 1.82) is 0 Å². The van der Waals surface area contributed by atoms with E-state index in [-0.39, 0.29) is 0 Å². The molecule has 0 amide bonds. The molecule has 0 aliphatic heterocycles. The predicted molar refractivity (Wildman–Crippen MR) is 62.0 cm³/mol. The maximum Gasteiger partial charge on any atom is 0.181 e. The molecule has 1 rings (SSSR count). The van der Waals surface area contributed by atoms with Crippen LogP contribution in [-0.2, 0) is 0 Å². The molecule has 1 aromatic rings. The van der Waals surface area contributed by atoms with Crippen LogP contribution in [-0.4, -0.2) is 16.4 Å². The minimum Gasteiger partial charge on any atom is -0.240 e. The minimum absolute atomic E-state index is 0.623. The second-order valence-corrected chi connectivity index (χ2v) is 2.36. The van der Waals surface area contributed by atoms with Gasteiger partial charge in [0.1, 0.15) is 0 Å². The summed E-state index contributed by atoms with van der Waals surface area (Å²) in [6.07, 6.45) is 3.41. The SMILES string of the molecule is C=Cc1cc(C)nnc1/N=C\C.CC. The van der Waals surface area contributed by atoms with Crippen molar-refractivity contribution in [3.63, 3.8) is 0 Å². The third-order valence-electron chi connectivity index (χ3n) is 1.40. The molecule has 3 nitrogen and oxygen atoms in total. The third kappa shape index (κ3) is 3.47. The second kappa shape index (κ2) is 6.95. The Hall–Kier alpha value is -1.51. The molecule has 0 aliphatic carbocycles. The number of hydrogen-bond acceptors (Lipinski definition) is 3. The Morgan fingerprint density at radius 1 is 1.36 bits per heavy atom. The van der Waals surface area contributed by atoms with Gasteiger partial charge in [-0.1, -0.05) is 26.5 Å². The van der Waals surface area contributed by atoms with Gasteiger partial charge in [-0.05, 0) is 19.9 Å². The molecule has 3 heteroatoms. The average molecular weight is 191 g/mol. The first-order valence-electron chi connectivity index (χ1n) is 4.73. The smallest absolute Gasteiger partial charge is 0.181 e. The molecule has 76 valence electrons. The molecule has 1 aromatic heterocycles. The Bertz CT molecular complexity index is 316. The fourth-order valence-corrected chi connectivity index (χ4v) is 0.875. The molecular formula is C11H17N3. The van der Waals surface area contributed by atoms with Gasteiger partial charge in [-0.15, -0.1) is 5.10 Å². The molecule has 0 atom stereocenters. The molecule has 0 N–H and O–H groups in total. The monoisotopic (exact) mass is 191 g/mol. The molecule has 0 unspecified atom stereocenters.